The van der Waals surface area contributed by atoms with Crippen LogP contribution in [0.3, 0.4) is 0 Å². The number of aromatic carboxylic acids is 1. The molecule has 0 fully saturated rings. The summed E-state index contributed by atoms with van der Waals surface area (Å²) in [4.78, 5) is 36.7. The number of thiazole rings is 1. The van der Waals surface area contributed by atoms with Crippen LogP contribution in [0, 0.1) is 6.92 Å². The predicted octanol–water partition coefficient (Wildman–Crippen LogP) is 0.631. The molecule has 1 aromatic rings. The van der Waals surface area contributed by atoms with Crippen molar-refractivity contribution in [3.8, 4) is 0 Å². The van der Waals surface area contributed by atoms with E-state index in [9.17, 15) is 14.4 Å². The third-order valence-corrected chi connectivity index (χ3v) is 3.02. The molecule has 1 heterocycles. The summed E-state index contributed by atoms with van der Waals surface area (Å²) < 4.78 is 0. The number of hydrogen-bond acceptors (Lipinski definition) is 5. The number of amides is 1. The number of carbonyl (C=O) groups excluding carboxylic acids is 1. The predicted molar refractivity (Wildman–Crippen MR) is 62.5 cm³/mol. The number of aromatic nitrogens is 1. The highest BCUT2D eigenvalue weighted by atomic mass is 32.1. The van der Waals surface area contributed by atoms with E-state index in [-0.39, 0.29) is 25.1 Å². The third kappa shape index (κ3) is 4.13. The van der Waals surface area contributed by atoms with Crippen LogP contribution in [0.25, 0.3) is 0 Å². The molecule has 7 nitrogen and oxygen atoms in total. The minimum absolute atomic E-state index is 0.0187. The molecule has 18 heavy (non-hydrogen) atoms. The smallest absolute Gasteiger partial charge is 0.355 e. The van der Waals surface area contributed by atoms with Crippen molar-refractivity contribution in [2.24, 2.45) is 0 Å². The van der Waals surface area contributed by atoms with Crippen LogP contribution in [0.15, 0.2) is 0 Å². The molecule has 0 saturated carbocycles. The fraction of sp³-hybridized carbons (Fsp3) is 0.400. The Morgan fingerprint density at radius 1 is 1.28 bits per heavy atom. The highest BCUT2D eigenvalue weighted by Crippen LogP contribution is 2.17. The van der Waals surface area contributed by atoms with Gasteiger partial charge >= 0.3 is 11.9 Å². The number of carboxylic acids is 2. The van der Waals surface area contributed by atoms with Crippen molar-refractivity contribution in [3.63, 3.8) is 0 Å². The Balaban J connectivity index is 2.48. The van der Waals surface area contributed by atoms with Gasteiger partial charge in [-0.05, 0) is 6.92 Å². The van der Waals surface area contributed by atoms with Crippen LogP contribution in [-0.4, -0.2) is 33.0 Å². The summed E-state index contributed by atoms with van der Waals surface area (Å²) in [6.45, 7) is 1.74. The summed E-state index contributed by atoms with van der Waals surface area (Å²) >= 11 is 1.19. The van der Waals surface area contributed by atoms with Crippen molar-refractivity contribution in [2.75, 3.05) is 0 Å². The topological polar surface area (TPSA) is 117 Å². The molecule has 0 atom stereocenters. The van der Waals surface area contributed by atoms with Crippen LogP contribution in [-0.2, 0) is 16.1 Å². The standard InChI is InChI=1S/C10H12N2O5S/c1-5-9(10(16)17)12-7(18-5)4-11-6(13)2-3-8(14)15/h2-4H2,1H3,(H,11,13)(H,14,15)(H,16,17). The quantitative estimate of drug-likeness (QED) is 0.699. The molecule has 0 aliphatic carbocycles. The summed E-state index contributed by atoms with van der Waals surface area (Å²) in [5.41, 5.74) is -0.0187. The summed E-state index contributed by atoms with van der Waals surface area (Å²) in [5.74, 6) is -2.54. The van der Waals surface area contributed by atoms with Gasteiger partial charge in [-0.25, -0.2) is 9.78 Å². The van der Waals surface area contributed by atoms with Crippen LogP contribution >= 0.6 is 11.3 Å². The van der Waals surface area contributed by atoms with Crippen molar-refractivity contribution >= 4 is 29.2 Å². The highest BCUT2D eigenvalue weighted by molar-refractivity contribution is 7.11. The zero-order valence-electron chi connectivity index (χ0n) is 9.60. The second-order valence-corrected chi connectivity index (χ2v) is 4.78. The van der Waals surface area contributed by atoms with Gasteiger partial charge in [-0.2, -0.15) is 0 Å². The fourth-order valence-corrected chi connectivity index (χ4v) is 2.07. The van der Waals surface area contributed by atoms with E-state index in [2.05, 4.69) is 10.3 Å². The highest BCUT2D eigenvalue weighted by Gasteiger charge is 2.14. The van der Waals surface area contributed by atoms with Crippen LogP contribution in [0.4, 0.5) is 0 Å². The van der Waals surface area contributed by atoms with E-state index in [1.54, 1.807) is 6.92 Å². The molecule has 1 rings (SSSR count). The summed E-state index contributed by atoms with van der Waals surface area (Å²) in [7, 11) is 0. The number of nitrogens with zero attached hydrogens (tertiary/aromatic N) is 1. The second kappa shape index (κ2) is 6.10. The van der Waals surface area contributed by atoms with Crippen molar-refractivity contribution in [1.29, 1.82) is 0 Å². The molecule has 0 bridgehead atoms. The summed E-state index contributed by atoms with van der Waals surface area (Å²) in [6, 6.07) is 0. The SMILES string of the molecule is Cc1sc(CNC(=O)CCC(=O)O)nc1C(=O)O. The number of rotatable bonds is 6. The van der Waals surface area contributed by atoms with Gasteiger partial charge in [-0.1, -0.05) is 0 Å². The molecule has 3 N–H and O–H groups in total. The van der Waals surface area contributed by atoms with Gasteiger partial charge in [0.05, 0.1) is 13.0 Å². The summed E-state index contributed by atoms with van der Waals surface area (Å²) in [6.07, 6.45) is -0.339. The molecule has 0 radical (unpaired) electrons. The lowest BCUT2D eigenvalue weighted by atomic mass is 10.3. The van der Waals surface area contributed by atoms with Crippen LogP contribution in [0.1, 0.15) is 33.2 Å². The van der Waals surface area contributed by atoms with Crippen LogP contribution in [0.2, 0.25) is 0 Å². The van der Waals surface area contributed by atoms with Gasteiger partial charge in [0.25, 0.3) is 0 Å². The minimum Gasteiger partial charge on any atom is -0.481 e. The number of hydrogen-bond donors (Lipinski definition) is 3. The van der Waals surface area contributed by atoms with Crippen LogP contribution in [0.5, 0.6) is 0 Å². The van der Waals surface area contributed by atoms with Crippen molar-refractivity contribution in [3.05, 3.63) is 15.6 Å². The largest absolute Gasteiger partial charge is 0.481 e. The Hall–Kier alpha value is -1.96. The normalized spacial score (nSPS) is 10.1. The maximum absolute atomic E-state index is 11.2. The first-order valence-electron chi connectivity index (χ1n) is 5.08. The Morgan fingerprint density at radius 3 is 2.44 bits per heavy atom. The van der Waals surface area contributed by atoms with Gasteiger partial charge in [0, 0.05) is 11.3 Å². The number of nitrogens with one attached hydrogen (secondary N) is 1. The molecule has 0 saturated heterocycles. The van der Waals surface area contributed by atoms with E-state index < -0.39 is 17.8 Å². The molecule has 0 spiro atoms. The number of aliphatic carboxylic acids is 1. The number of aryl methyl sites for hydroxylation is 1. The minimum atomic E-state index is -1.10. The Kier molecular flexibility index (Phi) is 4.78. The lowest BCUT2D eigenvalue weighted by Crippen LogP contribution is -2.23. The van der Waals surface area contributed by atoms with Crippen molar-refractivity contribution < 1.29 is 24.6 Å². The molecule has 0 aliphatic heterocycles. The Bertz CT molecular complexity index is 483. The zero-order chi connectivity index (χ0) is 13.7. The lowest BCUT2D eigenvalue weighted by molar-refractivity contribution is -0.138. The monoisotopic (exact) mass is 272 g/mol. The van der Waals surface area contributed by atoms with E-state index in [0.717, 1.165) is 0 Å². The van der Waals surface area contributed by atoms with Gasteiger partial charge < -0.3 is 15.5 Å². The lowest BCUT2D eigenvalue weighted by Gasteiger charge is -2.00. The van der Waals surface area contributed by atoms with Gasteiger partial charge in [0.1, 0.15) is 5.01 Å². The maximum Gasteiger partial charge on any atom is 0.355 e. The first kappa shape index (κ1) is 14.1. The van der Waals surface area contributed by atoms with E-state index in [1.165, 1.54) is 11.3 Å². The summed E-state index contributed by atoms with van der Waals surface area (Å²) in [5, 5.41) is 20.2. The molecular weight excluding hydrogens is 260 g/mol. The van der Waals surface area contributed by atoms with E-state index >= 15 is 0 Å². The van der Waals surface area contributed by atoms with Crippen molar-refractivity contribution in [1.82, 2.24) is 10.3 Å². The van der Waals surface area contributed by atoms with E-state index in [4.69, 9.17) is 10.2 Å². The molecule has 1 amide bonds. The van der Waals surface area contributed by atoms with E-state index in [1.807, 2.05) is 0 Å². The van der Waals surface area contributed by atoms with Gasteiger partial charge in [0.2, 0.25) is 5.91 Å². The molecule has 0 aliphatic rings. The second-order valence-electron chi connectivity index (χ2n) is 3.49. The zero-order valence-corrected chi connectivity index (χ0v) is 10.4. The van der Waals surface area contributed by atoms with Gasteiger partial charge in [0.15, 0.2) is 5.69 Å². The maximum atomic E-state index is 11.2. The third-order valence-electron chi connectivity index (χ3n) is 2.05. The fourth-order valence-electron chi connectivity index (χ4n) is 1.21. The average molecular weight is 272 g/mol. The molecule has 1 aromatic heterocycles. The molecule has 0 aromatic carbocycles. The Labute approximate surface area is 106 Å². The van der Waals surface area contributed by atoms with Crippen LogP contribution < -0.4 is 5.32 Å². The molecular formula is C10H12N2O5S. The Morgan fingerprint density at radius 2 is 1.94 bits per heavy atom. The molecule has 98 valence electrons. The number of carbonyl (C=O) groups is 3. The van der Waals surface area contributed by atoms with Gasteiger partial charge in [-0.15, -0.1) is 11.3 Å². The first-order chi connectivity index (χ1) is 8.40. The molecule has 0 unspecified atom stereocenters. The average Bonchev–Trinajstić information content (AvgIpc) is 2.65. The molecule has 8 heteroatoms. The number of carboxylic acid groups (broad SMARTS) is 2. The first-order valence-corrected chi connectivity index (χ1v) is 5.90. The van der Waals surface area contributed by atoms with E-state index in [0.29, 0.717) is 9.88 Å². The van der Waals surface area contributed by atoms with Crippen molar-refractivity contribution in [2.45, 2.75) is 26.3 Å². The van der Waals surface area contributed by atoms with Gasteiger partial charge in [-0.3, -0.25) is 9.59 Å².